The highest BCUT2D eigenvalue weighted by Gasteiger charge is 2.45. The molecular formula is C25H34ClFN6O3. The number of likely N-dealkylation sites (tertiary alicyclic amines) is 1. The lowest BCUT2D eigenvalue weighted by molar-refractivity contribution is 0.0122. The van der Waals surface area contributed by atoms with E-state index in [1.165, 1.54) is 12.6 Å². The summed E-state index contributed by atoms with van der Waals surface area (Å²) in [5.74, 6) is -0.136. The van der Waals surface area contributed by atoms with Crippen LogP contribution in [0.15, 0.2) is 6.20 Å². The van der Waals surface area contributed by atoms with Crippen molar-refractivity contribution in [3.63, 3.8) is 0 Å². The number of anilines is 1. The highest BCUT2D eigenvalue weighted by atomic mass is 35.5. The topological polar surface area (TPSA) is 83.9 Å². The van der Waals surface area contributed by atoms with Gasteiger partial charge in [-0.15, -0.1) is 0 Å². The second-order valence-electron chi connectivity index (χ2n) is 11.1. The van der Waals surface area contributed by atoms with Crippen LogP contribution in [0.4, 0.5) is 15.0 Å². The van der Waals surface area contributed by atoms with Crippen LogP contribution in [-0.4, -0.2) is 87.9 Å². The number of likely N-dealkylation sites (N-methyl/N-ethyl adjacent to an activating group) is 1. The van der Waals surface area contributed by atoms with Crippen molar-refractivity contribution >= 4 is 34.4 Å². The summed E-state index contributed by atoms with van der Waals surface area (Å²) in [7, 11) is 2.09. The highest BCUT2D eigenvalue weighted by molar-refractivity contribution is 6.30. The van der Waals surface area contributed by atoms with Gasteiger partial charge >= 0.3 is 12.1 Å². The number of fused-ring (bicyclic) bond motifs is 3. The highest BCUT2D eigenvalue weighted by Crippen LogP contribution is 2.37. The Hall–Kier alpha value is -2.46. The molecule has 2 bridgehead atoms. The number of pyridine rings is 1. The number of ether oxygens (including phenoxy) is 2. The van der Waals surface area contributed by atoms with E-state index < -0.39 is 11.4 Å². The molecule has 3 aliphatic rings. The summed E-state index contributed by atoms with van der Waals surface area (Å²) in [6, 6.07) is 0.350. The first-order valence-electron chi connectivity index (χ1n) is 12.7. The molecule has 3 atom stereocenters. The van der Waals surface area contributed by atoms with Crippen molar-refractivity contribution in [2.24, 2.45) is 0 Å². The normalized spacial score (nSPS) is 24.9. The number of aromatic nitrogens is 3. The van der Waals surface area contributed by atoms with E-state index in [0.29, 0.717) is 30.9 Å². The first kappa shape index (κ1) is 25.2. The average molecular weight is 521 g/mol. The summed E-state index contributed by atoms with van der Waals surface area (Å²) in [6.07, 6.45) is 6.34. The van der Waals surface area contributed by atoms with Gasteiger partial charge in [0.25, 0.3) is 0 Å². The molecule has 5 rings (SSSR count). The van der Waals surface area contributed by atoms with Gasteiger partial charge in [-0.2, -0.15) is 9.97 Å². The molecule has 3 aliphatic heterocycles. The number of hydrogen-bond acceptors (Lipinski definition) is 8. The van der Waals surface area contributed by atoms with Crippen LogP contribution >= 0.6 is 11.6 Å². The predicted octanol–water partition coefficient (Wildman–Crippen LogP) is 4.27. The van der Waals surface area contributed by atoms with Crippen molar-refractivity contribution < 1.29 is 18.7 Å². The Morgan fingerprint density at radius 2 is 1.89 bits per heavy atom. The number of hydrogen-bond donors (Lipinski definition) is 0. The molecule has 1 amide bonds. The van der Waals surface area contributed by atoms with E-state index in [0.717, 1.165) is 32.2 Å². The zero-order chi connectivity index (χ0) is 25.6. The molecule has 0 aromatic carbocycles. The lowest BCUT2D eigenvalue weighted by atomic mass is 10.0. The molecule has 3 saturated heterocycles. The molecule has 11 heteroatoms. The van der Waals surface area contributed by atoms with Crippen LogP contribution < -0.4 is 9.64 Å². The van der Waals surface area contributed by atoms with Crippen LogP contribution in [0.3, 0.4) is 0 Å². The van der Waals surface area contributed by atoms with Crippen LogP contribution in [0, 0.1) is 5.82 Å². The fourth-order valence-electron chi connectivity index (χ4n) is 5.52. The maximum Gasteiger partial charge on any atom is 0.410 e. The summed E-state index contributed by atoms with van der Waals surface area (Å²) in [5, 5.41) is 0.240. The number of piperazine rings is 1. The van der Waals surface area contributed by atoms with Crippen molar-refractivity contribution in [3.8, 4) is 6.01 Å². The van der Waals surface area contributed by atoms with Crippen molar-refractivity contribution in [3.05, 3.63) is 17.2 Å². The predicted molar refractivity (Wildman–Crippen MR) is 135 cm³/mol. The van der Waals surface area contributed by atoms with Gasteiger partial charge in [0.1, 0.15) is 23.5 Å². The van der Waals surface area contributed by atoms with Gasteiger partial charge in [0.15, 0.2) is 11.0 Å². The van der Waals surface area contributed by atoms with Gasteiger partial charge in [0.2, 0.25) is 0 Å². The van der Waals surface area contributed by atoms with Crippen molar-refractivity contribution in [2.45, 2.75) is 76.6 Å². The summed E-state index contributed by atoms with van der Waals surface area (Å²) in [6.45, 7) is 8.17. The number of piperidine rings is 1. The number of carbonyl (C=O) groups excluding carboxylic acids is 1. The van der Waals surface area contributed by atoms with E-state index in [4.69, 9.17) is 26.1 Å². The smallest absolute Gasteiger partial charge is 0.410 e. The Balaban J connectivity index is 1.42. The fourth-order valence-corrected chi connectivity index (χ4v) is 5.66. The molecule has 5 heterocycles. The Morgan fingerprint density at radius 3 is 2.56 bits per heavy atom. The second-order valence-corrected chi connectivity index (χ2v) is 11.4. The molecule has 0 spiro atoms. The van der Waals surface area contributed by atoms with Gasteiger partial charge in [-0.3, -0.25) is 4.90 Å². The van der Waals surface area contributed by atoms with Gasteiger partial charge < -0.3 is 19.3 Å². The third kappa shape index (κ3) is 5.02. The molecular weight excluding hydrogens is 487 g/mol. The van der Waals surface area contributed by atoms with E-state index in [9.17, 15) is 4.79 Å². The van der Waals surface area contributed by atoms with Crippen LogP contribution in [-0.2, 0) is 4.74 Å². The first-order valence-corrected chi connectivity index (χ1v) is 13.1. The maximum absolute atomic E-state index is 15.0. The summed E-state index contributed by atoms with van der Waals surface area (Å²) in [5.41, 5.74) is -0.466. The zero-order valence-corrected chi connectivity index (χ0v) is 22.1. The SMILES string of the molecule is CN1CCCC[C@H]1COc1nc(N2C[C@H]3CC[C@@H](C2)N3C(=O)OC(C)(C)C)c2cnc(Cl)c(F)c2n1. The van der Waals surface area contributed by atoms with E-state index in [1.807, 2.05) is 25.7 Å². The molecule has 0 saturated carbocycles. The summed E-state index contributed by atoms with van der Waals surface area (Å²) in [4.78, 5) is 32.2. The summed E-state index contributed by atoms with van der Waals surface area (Å²) < 4.78 is 26.7. The summed E-state index contributed by atoms with van der Waals surface area (Å²) >= 11 is 5.99. The molecule has 2 aromatic heterocycles. The number of carbonyl (C=O) groups is 1. The van der Waals surface area contributed by atoms with Gasteiger partial charge in [0.05, 0.1) is 17.5 Å². The van der Waals surface area contributed by atoms with Crippen LogP contribution in [0.2, 0.25) is 5.15 Å². The second kappa shape index (κ2) is 9.78. The maximum atomic E-state index is 15.0. The van der Waals surface area contributed by atoms with Crippen LogP contribution in [0.5, 0.6) is 6.01 Å². The lowest BCUT2D eigenvalue weighted by Gasteiger charge is -2.42. The van der Waals surface area contributed by atoms with Crippen LogP contribution in [0.25, 0.3) is 10.9 Å². The van der Waals surface area contributed by atoms with E-state index in [2.05, 4.69) is 26.8 Å². The van der Waals surface area contributed by atoms with E-state index in [-0.39, 0.29) is 40.9 Å². The van der Waals surface area contributed by atoms with Gasteiger partial charge in [-0.25, -0.2) is 14.2 Å². The minimum absolute atomic E-state index is 0.0195. The monoisotopic (exact) mass is 520 g/mol. The number of amides is 1. The standard InChI is InChI=1S/C25H34ClFN6O3/c1-25(2,3)36-24(34)33-15-8-9-16(33)13-32(12-15)22-18-11-28-21(26)19(27)20(18)29-23(30-22)35-14-17-7-5-6-10-31(17)4/h11,15-17H,5-10,12-14H2,1-4H3/t15-,16+,17-/m0/s1. The molecule has 0 radical (unpaired) electrons. The first-order chi connectivity index (χ1) is 17.1. The average Bonchev–Trinajstić information content (AvgIpc) is 3.09. The lowest BCUT2D eigenvalue weighted by Crippen LogP contribution is -2.57. The van der Waals surface area contributed by atoms with Crippen molar-refractivity contribution in [2.75, 3.05) is 38.2 Å². The molecule has 36 heavy (non-hydrogen) atoms. The third-order valence-corrected chi connectivity index (χ3v) is 7.58. The molecule has 3 fully saturated rings. The fraction of sp³-hybridized carbons (Fsp3) is 0.680. The van der Waals surface area contributed by atoms with E-state index in [1.54, 1.807) is 0 Å². The Kier molecular flexibility index (Phi) is 6.84. The molecule has 196 valence electrons. The minimum Gasteiger partial charge on any atom is -0.462 e. The molecule has 0 unspecified atom stereocenters. The number of rotatable bonds is 4. The van der Waals surface area contributed by atoms with Gasteiger partial charge in [-0.1, -0.05) is 18.0 Å². The molecule has 2 aromatic rings. The van der Waals surface area contributed by atoms with Crippen molar-refractivity contribution in [1.29, 1.82) is 0 Å². The Labute approximate surface area is 215 Å². The van der Waals surface area contributed by atoms with Gasteiger partial charge in [0, 0.05) is 25.3 Å². The number of nitrogens with zero attached hydrogens (tertiary/aromatic N) is 6. The molecule has 9 nitrogen and oxygen atoms in total. The molecule has 0 N–H and O–H groups in total. The zero-order valence-electron chi connectivity index (χ0n) is 21.3. The van der Waals surface area contributed by atoms with Crippen LogP contribution in [0.1, 0.15) is 52.9 Å². The third-order valence-electron chi connectivity index (χ3n) is 7.31. The minimum atomic E-state index is -0.687. The Morgan fingerprint density at radius 1 is 1.17 bits per heavy atom. The van der Waals surface area contributed by atoms with E-state index >= 15 is 4.39 Å². The number of halogens is 2. The quantitative estimate of drug-likeness (QED) is 0.553. The molecule has 0 aliphatic carbocycles. The largest absolute Gasteiger partial charge is 0.462 e. The van der Waals surface area contributed by atoms with Gasteiger partial charge in [-0.05, 0) is 60.0 Å². The Bertz CT molecular complexity index is 1130. The van der Waals surface area contributed by atoms with Crippen molar-refractivity contribution in [1.82, 2.24) is 24.8 Å².